The molecule has 280 valence electrons. The Balaban J connectivity index is 0.000000281. The van der Waals surface area contributed by atoms with Gasteiger partial charge in [0.1, 0.15) is 45.4 Å². The van der Waals surface area contributed by atoms with Gasteiger partial charge >= 0.3 is 30.8 Å². The molecule has 0 fully saturated rings. The molecule has 0 saturated carbocycles. The fourth-order valence-electron chi connectivity index (χ4n) is 5.02. The molecule has 0 saturated heterocycles. The van der Waals surface area contributed by atoms with Gasteiger partial charge < -0.3 is 24.2 Å². The van der Waals surface area contributed by atoms with Gasteiger partial charge in [0, 0.05) is 43.0 Å². The molecule has 0 spiro atoms. The van der Waals surface area contributed by atoms with Gasteiger partial charge in [0.15, 0.2) is 0 Å². The summed E-state index contributed by atoms with van der Waals surface area (Å²) in [6.45, 7) is 1.85. The average molecular weight is 908 g/mol. The van der Waals surface area contributed by atoms with E-state index in [-0.39, 0.29) is 81.5 Å². The first-order valence-electron chi connectivity index (χ1n) is 14.7. The van der Waals surface area contributed by atoms with Crippen molar-refractivity contribution in [1.29, 1.82) is 0 Å². The Labute approximate surface area is 335 Å². The van der Waals surface area contributed by atoms with E-state index >= 15 is 0 Å². The molecule has 0 amide bonds. The number of carbonyl (C=O) groups is 2. The summed E-state index contributed by atoms with van der Waals surface area (Å²) in [5.74, 6) is -2.41. The fraction of sp³-hybridized carbons (Fsp3) is 0.118. The van der Waals surface area contributed by atoms with E-state index in [0.29, 0.717) is 25.5 Å². The first kappa shape index (κ1) is 44.2. The molecule has 0 aliphatic rings. The molecule has 54 heavy (non-hydrogen) atoms. The number of aromatic carboxylic acids is 1. The predicted octanol–water partition coefficient (Wildman–Crippen LogP) is 5.45. The third kappa shape index (κ3) is 10.3. The van der Waals surface area contributed by atoms with E-state index in [2.05, 4.69) is 41.3 Å². The van der Waals surface area contributed by atoms with Gasteiger partial charge in [-0.25, -0.2) is 35.2 Å². The summed E-state index contributed by atoms with van der Waals surface area (Å²) in [7, 11) is -7.03. The van der Waals surface area contributed by atoms with Crippen LogP contribution in [0.5, 0.6) is 0 Å². The molecule has 0 aliphatic carbocycles. The van der Waals surface area contributed by atoms with Crippen molar-refractivity contribution < 1.29 is 78.2 Å². The van der Waals surface area contributed by atoms with Crippen LogP contribution in [0.3, 0.4) is 0 Å². The Morgan fingerprint density at radius 2 is 1.09 bits per heavy atom. The van der Waals surface area contributed by atoms with Gasteiger partial charge in [-0.2, -0.15) is 0 Å². The van der Waals surface area contributed by atoms with Crippen LogP contribution >= 0.6 is 31.9 Å². The number of sulfonamides is 2. The number of benzene rings is 4. The Hall–Kier alpha value is -4.22. The zero-order chi connectivity index (χ0) is 38.1. The SMILES string of the molecule is CCOC(=O)c1c(-c2ccc(F)cc2)oc2cc(NS(C)(=O)=O)c(Br)cc12.CS(=O)(=O)Nc1cc2oc(-c3ccc(F)cc3)c(C(=O)O)c2cc1Br.[Li+].[OH-]. The van der Waals surface area contributed by atoms with E-state index < -0.39 is 43.6 Å². The number of carboxylic acids is 1. The van der Waals surface area contributed by atoms with E-state index in [1.54, 1.807) is 13.0 Å². The molecule has 6 aromatic rings. The van der Waals surface area contributed by atoms with Crippen molar-refractivity contribution in [3.63, 3.8) is 0 Å². The fourth-order valence-corrected chi connectivity index (χ4v) is 7.30. The van der Waals surface area contributed by atoms with Gasteiger partial charge in [-0.15, -0.1) is 0 Å². The predicted molar refractivity (Wildman–Crippen MR) is 200 cm³/mol. The van der Waals surface area contributed by atoms with Crippen LogP contribution in [-0.2, 0) is 24.8 Å². The Bertz CT molecular complexity index is 2580. The minimum absolute atomic E-state index is 0. The average Bonchev–Trinajstić information content (AvgIpc) is 3.59. The van der Waals surface area contributed by atoms with E-state index in [9.17, 15) is 40.3 Å². The van der Waals surface area contributed by atoms with Crippen molar-refractivity contribution in [2.45, 2.75) is 6.92 Å². The van der Waals surface area contributed by atoms with Crippen LogP contribution in [0.1, 0.15) is 27.6 Å². The van der Waals surface area contributed by atoms with E-state index in [1.165, 1.54) is 66.7 Å². The molecular formula is C34H27Br2F2LiN2O11S2. The summed E-state index contributed by atoms with van der Waals surface area (Å²) in [6, 6.07) is 16.6. The molecule has 6 rings (SSSR count). The number of hydrogen-bond acceptors (Lipinski definition) is 10. The smallest absolute Gasteiger partial charge is 0.870 e. The molecular weight excluding hydrogens is 881 g/mol. The molecule has 0 radical (unpaired) electrons. The first-order chi connectivity index (χ1) is 24.3. The molecule has 0 bridgehead atoms. The molecule has 0 aliphatic heterocycles. The van der Waals surface area contributed by atoms with Gasteiger partial charge in [-0.05, 0) is 99.4 Å². The zero-order valence-electron chi connectivity index (χ0n) is 28.5. The molecule has 0 atom stereocenters. The van der Waals surface area contributed by atoms with Crippen molar-refractivity contribution in [2.24, 2.45) is 0 Å². The largest absolute Gasteiger partial charge is 1.00 e. The van der Waals surface area contributed by atoms with Crippen molar-refractivity contribution in [3.8, 4) is 22.6 Å². The number of ether oxygens (including phenoxy) is 1. The quantitative estimate of drug-likeness (QED) is 0.123. The van der Waals surface area contributed by atoms with Gasteiger partial charge in [-0.3, -0.25) is 9.44 Å². The monoisotopic (exact) mass is 906 g/mol. The van der Waals surface area contributed by atoms with Gasteiger partial charge in [-0.1, -0.05) is 0 Å². The molecule has 4 N–H and O–H groups in total. The van der Waals surface area contributed by atoms with Crippen LogP contribution in [0.25, 0.3) is 44.6 Å². The van der Waals surface area contributed by atoms with Crippen molar-refractivity contribution in [1.82, 2.24) is 0 Å². The molecule has 0 unspecified atom stereocenters. The van der Waals surface area contributed by atoms with Crippen LogP contribution in [0.15, 0.2) is 90.6 Å². The number of hydrogen-bond donors (Lipinski definition) is 3. The van der Waals surface area contributed by atoms with Crippen molar-refractivity contribution in [2.75, 3.05) is 28.6 Å². The first-order valence-corrected chi connectivity index (χ1v) is 20.1. The second kappa shape index (κ2) is 17.5. The van der Waals surface area contributed by atoms with Crippen LogP contribution in [-0.4, -0.2) is 58.5 Å². The molecule has 13 nitrogen and oxygen atoms in total. The second-order valence-corrected chi connectivity index (χ2v) is 16.3. The zero-order valence-corrected chi connectivity index (χ0v) is 33.3. The maximum atomic E-state index is 13.3. The second-order valence-electron chi connectivity index (χ2n) is 11.1. The molecule has 2 aromatic heterocycles. The maximum Gasteiger partial charge on any atom is 1.00 e. The van der Waals surface area contributed by atoms with Gasteiger partial charge in [0.05, 0.1) is 30.5 Å². The van der Waals surface area contributed by atoms with E-state index in [1.807, 2.05) is 0 Å². The topological polar surface area (TPSA) is 212 Å². The van der Waals surface area contributed by atoms with E-state index in [4.69, 9.17) is 13.6 Å². The van der Waals surface area contributed by atoms with E-state index in [0.717, 1.165) is 12.5 Å². The summed E-state index contributed by atoms with van der Waals surface area (Å²) in [5, 5.41) is 10.3. The normalized spacial score (nSPS) is 11.2. The molecule has 4 aromatic carbocycles. The number of halogens is 4. The van der Waals surface area contributed by atoms with Crippen LogP contribution in [0.2, 0.25) is 0 Å². The number of nitrogens with one attached hydrogen (secondary N) is 2. The minimum atomic E-state index is -3.52. The summed E-state index contributed by atoms with van der Waals surface area (Å²) in [6.07, 6.45) is 2.03. The summed E-state index contributed by atoms with van der Waals surface area (Å²) < 4.78 is 94.4. The third-order valence-corrected chi connectivity index (χ3v) is 9.55. The maximum absolute atomic E-state index is 13.3. The molecule has 20 heteroatoms. The van der Waals surface area contributed by atoms with Gasteiger partial charge in [0.25, 0.3) is 0 Å². The number of carbonyl (C=O) groups excluding carboxylic acids is 1. The number of fused-ring (bicyclic) bond motifs is 2. The number of furan rings is 2. The minimum Gasteiger partial charge on any atom is -0.870 e. The Kier molecular flexibility index (Phi) is 14.3. The Morgan fingerprint density at radius 3 is 1.44 bits per heavy atom. The number of anilines is 2. The standard InChI is InChI=1S/C18H15BrFNO5S.C16H11BrFNO5S.Li.H2O/c1-3-25-18(22)16-12-8-13(19)14(21-27(2,23)24)9-15(12)26-17(16)10-4-6-11(20)7-5-10;1-25(22,23)19-12-7-13-10(6-11(12)17)14(16(20)21)15(24-13)8-2-4-9(18)5-3-8;;/h4-9,21H,3H2,1-2H3;2-7,19H,1H3,(H,20,21);;1H2/q;;+1;/p-1. The summed E-state index contributed by atoms with van der Waals surface area (Å²) in [4.78, 5) is 24.2. The van der Waals surface area contributed by atoms with Crippen LogP contribution in [0.4, 0.5) is 20.2 Å². The van der Waals surface area contributed by atoms with Gasteiger partial charge in [0.2, 0.25) is 20.0 Å². The number of esters is 1. The van der Waals surface area contributed by atoms with Crippen LogP contribution < -0.4 is 28.3 Å². The molecule has 2 heterocycles. The summed E-state index contributed by atoms with van der Waals surface area (Å²) in [5.41, 5.74) is 1.93. The third-order valence-electron chi connectivity index (χ3n) is 7.05. The van der Waals surface area contributed by atoms with Crippen molar-refractivity contribution >= 4 is 97.2 Å². The van der Waals surface area contributed by atoms with Crippen LogP contribution in [0, 0.1) is 11.6 Å². The number of rotatable bonds is 9. The number of carboxylic acid groups (broad SMARTS) is 1. The Morgan fingerprint density at radius 1 is 0.722 bits per heavy atom. The summed E-state index contributed by atoms with van der Waals surface area (Å²) >= 11 is 6.51. The van der Waals surface area contributed by atoms with Crippen molar-refractivity contribution in [3.05, 3.63) is 105 Å².